The number of non-ortho nitro benzene ring substituents is 1. The van der Waals surface area contributed by atoms with E-state index in [-0.39, 0.29) is 23.4 Å². The van der Waals surface area contributed by atoms with Crippen LogP contribution in [0.3, 0.4) is 0 Å². The van der Waals surface area contributed by atoms with Crippen molar-refractivity contribution in [1.29, 1.82) is 0 Å². The lowest BCUT2D eigenvalue weighted by atomic mass is 10.2. The SMILES string of the molecule is C=CCN1C(=O)S/C(=C/c2cc(C)n(-c3ccc(Sc4ccc([N+](=O)[O-])cc4)cc3)c2C)C1=O. The van der Waals surface area contributed by atoms with Gasteiger partial charge in [-0.3, -0.25) is 24.6 Å². The number of nitro benzene ring substituents is 1. The Labute approximate surface area is 205 Å². The Bertz CT molecular complexity index is 1330. The number of nitrogens with zero attached hydrogens (tertiary/aromatic N) is 3. The highest BCUT2D eigenvalue weighted by Crippen LogP contribution is 2.34. The monoisotopic (exact) mass is 491 g/mol. The minimum absolute atomic E-state index is 0.0690. The van der Waals surface area contributed by atoms with Gasteiger partial charge in [-0.15, -0.1) is 6.58 Å². The molecule has 1 saturated heterocycles. The maximum atomic E-state index is 12.5. The molecule has 1 aliphatic heterocycles. The normalized spacial score (nSPS) is 14.8. The van der Waals surface area contributed by atoms with E-state index >= 15 is 0 Å². The largest absolute Gasteiger partial charge is 0.318 e. The van der Waals surface area contributed by atoms with E-state index in [0.717, 1.165) is 44.2 Å². The number of aryl methyl sites for hydroxylation is 1. The maximum Gasteiger partial charge on any atom is 0.293 e. The van der Waals surface area contributed by atoms with E-state index in [4.69, 9.17) is 0 Å². The zero-order chi connectivity index (χ0) is 24.4. The van der Waals surface area contributed by atoms with Gasteiger partial charge in [-0.05, 0) is 79.7 Å². The first kappa shape index (κ1) is 23.6. The van der Waals surface area contributed by atoms with Gasteiger partial charge in [-0.25, -0.2) is 0 Å². The fraction of sp³-hybridized carbons (Fsp3) is 0.120. The van der Waals surface area contributed by atoms with Crippen molar-refractivity contribution in [3.63, 3.8) is 0 Å². The first-order valence-corrected chi connectivity index (χ1v) is 12.0. The summed E-state index contributed by atoms with van der Waals surface area (Å²) in [6, 6.07) is 16.5. The van der Waals surface area contributed by atoms with Crippen LogP contribution in [-0.4, -0.2) is 32.1 Å². The van der Waals surface area contributed by atoms with Gasteiger partial charge in [0.15, 0.2) is 0 Å². The second-order valence-electron chi connectivity index (χ2n) is 7.59. The molecule has 0 atom stereocenters. The van der Waals surface area contributed by atoms with E-state index in [1.165, 1.54) is 34.9 Å². The van der Waals surface area contributed by atoms with E-state index in [2.05, 4.69) is 11.1 Å². The molecule has 0 N–H and O–H groups in total. The first-order chi connectivity index (χ1) is 16.3. The molecule has 2 aromatic carbocycles. The molecule has 2 heterocycles. The molecule has 0 saturated carbocycles. The molecule has 4 rings (SSSR count). The van der Waals surface area contributed by atoms with E-state index in [9.17, 15) is 19.7 Å². The molecule has 0 spiro atoms. The predicted octanol–water partition coefficient (Wildman–Crippen LogP) is 6.38. The van der Waals surface area contributed by atoms with Gasteiger partial charge >= 0.3 is 0 Å². The summed E-state index contributed by atoms with van der Waals surface area (Å²) in [5.41, 5.74) is 3.89. The van der Waals surface area contributed by atoms with Gasteiger partial charge in [0, 0.05) is 45.5 Å². The molecule has 0 aliphatic carbocycles. The van der Waals surface area contributed by atoms with Crippen LogP contribution < -0.4 is 0 Å². The molecular formula is C25H21N3O4S2. The highest BCUT2D eigenvalue weighted by atomic mass is 32.2. The van der Waals surface area contributed by atoms with Gasteiger partial charge in [-0.1, -0.05) is 17.8 Å². The number of hydrogen-bond donors (Lipinski definition) is 0. The topological polar surface area (TPSA) is 85.4 Å². The van der Waals surface area contributed by atoms with Crippen LogP contribution in [0.2, 0.25) is 0 Å². The Morgan fingerprint density at radius 1 is 1.06 bits per heavy atom. The van der Waals surface area contributed by atoms with Crippen molar-refractivity contribution < 1.29 is 14.5 Å². The molecule has 1 aliphatic rings. The fourth-order valence-corrected chi connectivity index (χ4v) is 5.35. The van der Waals surface area contributed by atoms with Crippen molar-refractivity contribution in [3.05, 3.63) is 99.2 Å². The number of carbonyl (C=O) groups excluding carboxylic acids is 2. The summed E-state index contributed by atoms with van der Waals surface area (Å²) in [6.07, 6.45) is 3.31. The predicted molar refractivity (Wildman–Crippen MR) is 135 cm³/mol. The molecule has 172 valence electrons. The number of carbonyl (C=O) groups is 2. The molecule has 7 nitrogen and oxygen atoms in total. The number of benzene rings is 2. The number of nitro groups is 1. The average molecular weight is 492 g/mol. The summed E-state index contributed by atoms with van der Waals surface area (Å²) in [6.45, 7) is 7.77. The van der Waals surface area contributed by atoms with Crippen LogP contribution in [0, 0.1) is 24.0 Å². The Kier molecular flexibility index (Phi) is 6.76. The molecule has 34 heavy (non-hydrogen) atoms. The Morgan fingerprint density at radius 3 is 2.26 bits per heavy atom. The summed E-state index contributed by atoms with van der Waals surface area (Å²) in [4.78, 5) is 38.6. The van der Waals surface area contributed by atoms with Crippen molar-refractivity contribution >= 4 is 46.4 Å². The van der Waals surface area contributed by atoms with Gasteiger partial charge in [-0.2, -0.15) is 0 Å². The molecule has 0 unspecified atom stereocenters. The molecule has 3 aromatic rings. The summed E-state index contributed by atoms with van der Waals surface area (Å²) in [7, 11) is 0. The summed E-state index contributed by atoms with van der Waals surface area (Å²) >= 11 is 2.47. The number of rotatable bonds is 7. The van der Waals surface area contributed by atoms with Crippen LogP contribution in [0.25, 0.3) is 11.8 Å². The minimum Gasteiger partial charge on any atom is -0.318 e. The summed E-state index contributed by atoms with van der Waals surface area (Å²) < 4.78 is 2.10. The Morgan fingerprint density at radius 2 is 1.68 bits per heavy atom. The zero-order valence-electron chi connectivity index (χ0n) is 18.6. The quantitative estimate of drug-likeness (QED) is 0.165. The van der Waals surface area contributed by atoms with Gasteiger partial charge in [0.2, 0.25) is 0 Å². The van der Waals surface area contributed by atoms with Crippen molar-refractivity contribution in [2.24, 2.45) is 0 Å². The van der Waals surface area contributed by atoms with E-state index in [1.807, 2.05) is 44.2 Å². The highest BCUT2D eigenvalue weighted by molar-refractivity contribution is 8.18. The maximum absolute atomic E-state index is 12.5. The lowest BCUT2D eigenvalue weighted by molar-refractivity contribution is -0.384. The van der Waals surface area contributed by atoms with E-state index < -0.39 is 4.92 Å². The fourth-order valence-electron chi connectivity index (χ4n) is 3.69. The van der Waals surface area contributed by atoms with Crippen LogP contribution in [0.4, 0.5) is 10.5 Å². The van der Waals surface area contributed by atoms with Gasteiger partial charge in [0.25, 0.3) is 16.8 Å². The number of amides is 2. The lowest BCUT2D eigenvalue weighted by Crippen LogP contribution is -2.27. The van der Waals surface area contributed by atoms with Gasteiger partial charge in [0.05, 0.1) is 9.83 Å². The van der Waals surface area contributed by atoms with Crippen LogP contribution in [0.1, 0.15) is 17.0 Å². The summed E-state index contributed by atoms with van der Waals surface area (Å²) in [5, 5.41) is 10.5. The first-order valence-electron chi connectivity index (χ1n) is 10.4. The van der Waals surface area contributed by atoms with Gasteiger partial charge < -0.3 is 4.57 Å². The van der Waals surface area contributed by atoms with Crippen LogP contribution >= 0.6 is 23.5 Å². The second-order valence-corrected chi connectivity index (χ2v) is 9.73. The van der Waals surface area contributed by atoms with Crippen molar-refractivity contribution in [2.45, 2.75) is 23.6 Å². The van der Waals surface area contributed by atoms with E-state index in [0.29, 0.717) is 4.91 Å². The van der Waals surface area contributed by atoms with Crippen molar-refractivity contribution in [3.8, 4) is 5.69 Å². The molecule has 9 heteroatoms. The molecule has 1 fully saturated rings. The highest BCUT2D eigenvalue weighted by Gasteiger charge is 2.34. The molecule has 2 amide bonds. The molecular weight excluding hydrogens is 470 g/mol. The van der Waals surface area contributed by atoms with Crippen molar-refractivity contribution in [1.82, 2.24) is 9.47 Å². The van der Waals surface area contributed by atoms with Crippen LogP contribution in [0.15, 0.2) is 81.9 Å². The molecule has 0 radical (unpaired) electrons. The third kappa shape index (κ3) is 4.71. The lowest BCUT2D eigenvalue weighted by Gasteiger charge is -2.11. The average Bonchev–Trinajstić information content (AvgIpc) is 3.24. The molecule has 1 aromatic heterocycles. The minimum atomic E-state index is -0.411. The second kappa shape index (κ2) is 9.74. The van der Waals surface area contributed by atoms with Crippen molar-refractivity contribution in [2.75, 3.05) is 6.54 Å². The number of thioether (sulfide) groups is 1. The molecule has 0 bridgehead atoms. The Balaban J connectivity index is 1.55. The van der Waals surface area contributed by atoms with E-state index in [1.54, 1.807) is 18.2 Å². The third-order valence-electron chi connectivity index (χ3n) is 5.32. The number of imide groups is 1. The number of aromatic nitrogens is 1. The summed E-state index contributed by atoms with van der Waals surface area (Å²) in [5.74, 6) is -0.299. The number of hydrogen-bond acceptors (Lipinski definition) is 6. The van der Waals surface area contributed by atoms with Crippen LogP contribution in [-0.2, 0) is 4.79 Å². The van der Waals surface area contributed by atoms with Gasteiger partial charge in [0.1, 0.15) is 0 Å². The standard InChI is InChI=1S/C25H21N3O4S2/c1-4-13-26-24(29)23(34-25(26)30)15-18-14-16(2)27(17(18)3)19-5-9-21(10-6-19)33-22-11-7-20(8-12-22)28(31)32/h4-12,14-15H,1,13H2,2-3H3/b23-15+. The smallest absolute Gasteiger partial charge is 0.293 e. The zero-order valence-corrected chi connectivity index (χ0v) is 20.2. The third-order valence-corrected chi connectivity index (χ3v) is 7.24. The Hall–Kier alpha value is -3.56. The van der Waals surface area contributed by atoms with Crippen LogP contribution in [0.5, 0.6) is 0 Å².